The van der Waals surface area contributed by atoms with Gasteiger partial charge in [-0.1, -0.05) is 42.5 Å². The molecule has 0 saturated heterocycles. The van der Waals surface area contributed by atoms with Crippen LogP contribution in [0, 0.1) is 0 Å². The molecule has 190 valence electrons. The highest BCUT2D eigenvalue weighted by Crippen LogP contribution is 2.34. The van der Waals surface area contributed by atoms with Gasteiger partial charge >= 0.3 is 0 Å². The molecule has 0 spiro atoms. The molecule has 3 N–H and O–H groups in total. The Hall–Kier alpha value is -5.43. The third-order valence-corrected chi connectivity index (χ3v) is 6.62. The Morgan fingerprint density at radius 3 is 2.38 bits per heavy atom. The molecular weight excluding hydrogens is 490 g/mol. The number of benzene rings is 5. The number of rotatable bonds is 6. The van der Waals surface area contributed by atoms with Gasteiger partial charge in [-0.15, -0.1) is 0 Å². The van der Waals surface area contributed by atoms with Crippen LogP contribution in [0.3, 0.4) is 0 Å². The van der Waals surface area contributed by atoms with E-state index in [1.165, 1.54) is 7.11 Å². The highest BCUT2D eigenvalue weighted by Gasteiger charge is 2.15. The number of aromatic nitrogens is 1. The minimum absolute atomic E-state index is 0.197. The molecular formula is C32H23N3O4. The predicted octanol–water partition coefficient (Wildman–Crippen LogP) is 6.69. The lowest BCUT2D eigenvalue weighted by Gasteiger charge is -2.13. The summed E-state index contributed by atoms with van der Waals surface area (Å²) in [6.07, 6.45) is 1.62. The summed E-state index contributed by atoms with van der Waals surface area (Å²) in [6.45, 7) is 0. The van der Waals surface area contributed by atoms with Crippen molar-refractivity contribution in [3.05, 3.63) is 114 Å². The summed E-state index contributed by atoms with van der Waals surface area (Å²) >= 11 is 0. The number of nitrogens with one attached hydrogen (secondary N) is 1. The van der Waals surface area contributed by atoms with Crippen molar-refractivity contribution < 1.29 is 19.1 Å². The van der Waals surface area contributed by atoms with E-state index in [0.29, 0.717) is 33.7 Å². The lowest BCUT2D eigenvalue weighted by Crippen LogP contribution is -2.12. The summed E-state index contributed by atoms with van der Waals surface area (Å²) in [6, 6.07) is 30.0. The second kappa shape index (κ2) is 9.79. The molecule has 0 unspecified atom stereocenters. The highest BCUT2D eigenvalue weighted by atomic mass is 16.5. The molecule has 7 heteroatoms. The van der Waals surface area contributed by atoms with Crippen LogP contribution in [0.1, 0.15) is 20.7 Å². The van der Waals surface area contributed by atoms with Crippen molar-refractivity contribution in [2.45, 2.75) is 0 Å². The van der Waals surface area contributed by atoms with E-state index in [4.69, 9.17) is 15.2 Å². The molecule has 0 aliphatic rings. The van der Waals surface area contributed by atoms with Gasteiger partial charge < -0.3 is 20.5 Å². The Kier molecular flexibility index (Phi) is 6.01. The van der Waals surface area contributed by atoms with Crippen molar-refractivity contribution in [1.82, 2.24) is 4.98 Å². The summed E-state index contributed by atoms with van der Waals surface area (Å²) in [5.41, 5.74) is 7.67. The van der Waals surface area contributed by atoms with E-state index in [1.54, 1.807) is 36.5 Å². The van der Waals surface area contributed by atoms with E-state index in [1.807, 2.05) is 66.7 Å². The van der Waals surface area contributed by atoms with Gasteiger partial charge in [0, 0.05) is 28.9 Å². The Balaban J connectivity index is 1.31. The number of amides is 2. The number of methoxy groups -OCH3 is 1. The van der Waals surface area contributed by atoms with Crippen LogP contribution in [0.2, 0.25) is 0 Å². The van der Waals surface area contributed by atoms with Crippen molar-refractivity contribution in [2.24, 2.45) is 5.73 Å². The molecule has 0 saturated carbocycles. The topological polar surface area (TPSA) is 104 Å². The molecule has 0 aliphatic carbocycles. The first-order valence-electron chi connectivity index (χ1n) is 12.3. The second-order valence-corrected chi connectivity index (χ2v) is 9.05. The van der Waals surface area contributed by atoms with E-state index in [-0.39, 0.29) is 11.5 Å². The van der Waals surface area contributed by atoms with Gasteiger partial charge in [-0.25, -0.2) is 0 Å². The summed E-state index contributed by atoms with van der Waals surface area (Å²) in [4.78, 5) is 29.5. The number of hydrogen-bond donors (Lipinski definition) is 2. The minimum Gasteiger partial charge on any atom is -0.496 e. The van der Waals surface area contributed by atoms with Crippen LogP contribution in [0.15, 0.2) is 103 Å². The average Bonchev–Trinajstić information content (AvgIpc) is 2.96. The fourth-order valence-corrected chi connectivity index (χ4v) is 4.71. The Labute approximate surface area is 223 Å². The number of carbonyl (C=O) groups excluding carboxylic acids is 2. The van der Waals surface area contributed by atoms with Crippen molar-refractivity contribution in [1.29, 1.82) is 0 Å². The van der Waals surface area contributed by atoms with Crippen LogP contribution in [0.4, 0.5) is 5.69 Å². The number of fused-ring (bicyclic) bond motifs is 3. The van der Waals surface area contributed by atoms with E-state index in [0.717, 1.165) is 27.2 Å². The van der Waals surface area contributed by atoms with Gasteiger partial charge in [-0.05, 0) is 70.1 Å². The maximum absolute atomic E-state index is 13.2. The molecule has 1 heterocycles. The molecule has 5 aromatic carbocycles. The molecule has 0 aliphatic heterocycles. The van der Waals surface area contributed by atoms with Crippen LogP contribution in [-0.2, 0) is 0 Å². The Bertz CT molecular complexity index is 1920. The zero-order valence-electron chi connectivity index (χ0n) is 21.0. The normalized spacial score (nSPS) is 11.0. The molecule has 39 heavy (non-hydrogen) atoms. The summed E-state index contributed by atoms with van der Waals surface area (Å²) in [7, 11) is 1.47. The zero-order chi connectivity index (χ0) is 26.9. The van der Waals surface area contributed by atoms with Crippen molar-refractivity contribution in [3.8, 4) is 17.2 Å². The fraction of sp³-hybridized carbons (Fsp3) is 0.0312. The summed E-state index contributed by atoms with van der Waals surface area (Å²) < 4.78 is 11.5. The van der Waals surface area contributed by atoms with Gasteiger partial charge in [0.2, 0.25) is 0 Å². The first kappa shape index (κ1) is 23.9. The van der Waals surface area contributed by atoms with E-state index in [2.05, 4.69) is 10.3 Å². The minimum atomic E-state index is -0.608. The van der Waals surface area contributed by atoms with Crippen molar-refractivity contribution in [3.63, 3.8) is 0 Å². The molecule has 7 nitrogen and oxygen atoms in total. The number of pyridine rings is 1. The quantitative estimate of drug-likeness (QED) is 0.258. The summed E-state index contributed by atoms with van der Waals surface area (Å²) in [5.74, 6) is 0.620. The molecule has 1 aromatic heterocycles. The van der Waals surface area contributed by atoms with Gasteiger partial charge in [0.15, 0.2) is 0 Å². The van der Waals surface area contributed by atoms with E-state index in [9.17, 15) is 9.59 Å². The lowest BCUT2D eigenvalue weighted by atomic mass is 10.0. The molecule has 0 bridgehead atoms. The molecule has 2 amide bonds. The van der Waals surface area contributed by atoms with Crippen LogP contribution in [-0.4, -0.2) is 23.9 Å². The predicted molar refractivity (Wildman–Crippen MR) is 153 cm³/mol. The molecule has 0 fully saturated rings. The number of ether oxygens (including phenoxy) is 2. The van der Waals surface area contributed by atoms with Gasteiger partial charge in [-0.3, -0.25) is 14.6 Å². The van der Waals surface area contributed by atoms with Gasteiger partial charge in [0.05, 0.1) is 18.2 Å². The van der Waals surface area contributed by atoms with Crippen molar-refractivity contribution in [2.75, 3.05) is 12.4 Å². The number of nitrogens with zero attached hydrogens (tertiary/aromatic N) is 1. The van der Waals surface area contributed by atoms with Gasteiger partial charge in [0.1, 0.15) is 17.2 Å². The van der Waals surface area contributed by atoms with Crippen LogP contribution in [0.25, 0.3) is 32.4 Å². The first-order chi connectivity index (χ1) is 19.0. The summed E-state index contributed by atoms with van der Waals surface area (Å²) in [5, 5.41) is 7.44. The molecule has 0 atom stereocenters. The number of carbonyl (C=O) groups is 2. The van der Waals surface area contributed by atoms with Gasteiger partial charge in [0.25, 0.3) is 11.8 Å². The SMILES string of the molecule is COc1cc2nccc(Oc3ccc4c(C(=O)Nc5ccc6ccccc6c5)cccc4c3)c2cc1C(N)=O. The zero-order valence-corrected chi connectivity index (χ0v) is 21.0. The van der Waals surface area contributed by atoms with Crippen LogP contribution < -0.4 is 20.5 Å². The maximum atomic E-state index is 13.2. The van der Waals surface area contributed by atoms with Crippen LogP contribution in [0.5, 0.6) is 17.2 Å². The number of anilines is 1. The third-order valence-electron chi connectivity index (χ3n) is 6.62. The van der Waals surface area contributed by atoms with E-state index < -0.39 is 5.91 Å². The third kappa shape index (κ3) is 4.57. The van der Waals surface area contributed by atoms with Gasteiger partial charge in [-0.2, -0.15) is 0 Å². The maximum Gasteiger partial charge on any atom is 0.256 e. The smallest absolute Gasteiger partial charge is 0.256 e. The fourth-order valence-electron chi connectivity index (χ4n) is 4.71. The first-order valence-corrected chi connectivity index (χ1v) is 12.3. The number of primary amides is 1. The monoisotopic (exact) mass is 513 g/mol. The molecule has 6 rings (SSSR count). The number of nitrogens with two attached hydrogens (primary N) is 1. The second-order valence-electron chi connectivity index (χ2n) is 9.05. The number of hydrogen-bond acceptors (Lipinski definition) is 5. The Morgan fingerprint density at radius 1 is 0.744 bits per heavy atom. The van der Waals surface area contributed by atoms with Crippen molar-refractivity contribution >= 4 is 49.9 Å². The molecule has 6 aromatic rings. The molecule has 0 radical (unpaired) electrons. The standard InChI is InChI=1S/C32H23N3O4/c1-38-30-18-28-26(17-27(30)31(33)36)29(13-14-34-28)39-23-11-12-24-21(16-23)7-4-8-25(24)32(37)35-22-10-9-19-5-2-3-6-20(19)15-22/h2-18H,1H3,(H2,33,36)(H,35,37). The lowest BCUT2D eigenvalue weighted by molar-refractivity contribution is 0.0995. The van der Waals surface area contributed by atoms with E-state index >= 15 is 0 Å². The Morgan fingerprint density at radius 2 is 1.56 bits per heavy atom. The highest BCUT2D eigenvalue weighted by molar-refractivity contribution is 6.13. The average molecular weight is 514 g/mol. The van der Waals surface area contributed by atoms with Crippen LogP contribution >= 0.6 is 0 Å². The largest absolute Gasteiger partial charge is 0.496 e.